The summed E-state index contributed by atoms with van der Waals surface area (Å²) in [6.45, 7) is 6.51. The molecule has 0 atom stereocenters. The molecule has 22 heavy (non-hydrogen) atoms. The molecule has 0 aliphatic carbocycles. The Kier molecular flexibility index (Phi) is 5.07. The van der Waals surface area contributed by atoms with Crippen molar-refractivity contribution in [3.05, 3.63) is 33.5 Å². The Labute approximate surface area is 134 Å². The SMILES string of the molecule is CNc1ncc(CN(C)C(=O)c2sc(C(C)C)nc2C)cn1. The zero-order valence-corrected chi connectivity index (χ0v) is 14.4. The molecule has 2 heterocycles. The lowest BCUT2D eigenvalue weighted by molar-refractivity contribution is 0.0788. The number of nitrogens with zero attached hydrogens (tertiary/aromatic N) is 4. The van der Waals surface area contributed by atoms with Crippen LogP contribution >= 0.6 is 11.3 Å². The third-order valence-corrected chi connectivity index (χ3v) is 4.64. The van der Waals surface area contributed by atoms with Gasteiger partial charge in [-0.2, -0.15) is 0 Å². The van der Waals surface area contributed by atoms with Gasteiger partial charge in [-0.25, -0.2) is 15.0 Å². The first-order chi connectivity index (χ1) is 10.4. The minimum absolute atomic E-state index is 0.0143. The van der Waals surface area contributed by atoms with E-state index in [0.717, 1.165) is 16.3 Å². The zero-order chi connectivity index (χ0) is 16.3. The van der Waals surface area contributed by atoms with E-state index in [1.165, 1.54) is 11.3 Å². The lowest BCUT2D eigenvalue weighted by Gasteiger charge is -2.16. The van der Waals surface area contributed by atoms with E-state index in [4.69, 9.17) is 0 Å². The molecular formula is C15H21N5OS. The Morgan fingerprint density at radius 2 is 2.00 bits per heavy atom. The third-order valence-electron chi connectivity index (χ3n) is 3.20. The van der Waals surface area contributed by atoms with Crippen molar-refractivity contribution in [1.29, 1.82) is 0 Å². The van der Waals surface area contributed by atoms with Gasteiger partial charge in [0, 0.05) is 44.5 Å². The van der Waals surface area contributed by atoms with Crippen LogP contribution in [-0.2, 0) is 6.54 Å². The van der Waals surface area contributed by atoms with E-state index in [9.17, 15) is 4.79 Å². The maximum absolute atomic E-state index is 12.6. The number of carbonyl (C=O) groups is 1. The molecule has 0 aromatic carbocycles. The number of carbonyl (C=O) groups excluding carboxylic acids is 1. The molecule has 0 spiro atoms. The smallest absolute Gasteiger partial charge is 0.265 e. The Morgan fingerprint density at radius 1 is 1.36 bits per heavy atom. The van der Waals surface area contributed by atoms with Gasteiger partial charge in [0.1, 0.15) is 4.88 Å². The second kappa shape index (κ2) is 6.83. The molecule has 0 radical (unpaired) electrons. The van der Waals surface area contributed by atoms with E-state index >= 15 is 0 Å². The molecule has 0 saturated heterocycles. The highest BCUT2D eigenvalue weighted by atomic mass is 32.1. The lowest BCUT2D eigenvalue weighted by Crippen LogP contribution is -2.26. The highest BCUT2D eigenvalue weighted by Crippen LogP contribution is 2.25. The predicted octanol–water partition coefficient (Wildman–Crippen LogP) is 2.68. The number of aromatic nitrogens is 3. The van der Waals surface area contributed by atoms with E-state index in [-0.39, 0.29) is 5.91 Å². The van der Waals surface area contributed by atoms with Crippen LogP contribution in [0, 0.1) is 6.92 Å². The Bertz CT molecular complexity index is 650. The first-order valence-electron chi connectivity index (χ1n) is 7.13. The first kappa shape index (κ1) is 16.4. The normalized spacial score (nSPS) is 10.8. The maximum atomic E-state index is 12.6. The van der Waals surface area contributed by atoms with Gasteiger partial charge in [-0.1, -0.05) is 13.8 Å². The minimum Gasteiger partial charge on any atom is -0.357 e. The van der Waals surface area contributed by atoms with E-state index in [2.05, 4.69) is 34.1 Å². The predicted molar refractivity (Wildman–Crippen MR) is 88.3 cm³/mol. The fourth-order valence-electron chi connectivity index (χ4n) is 1.95. The van der Waals surface area contributed by atoms with Gasteiger partial charge >= 0.3 is 0 Å². The van der Waals surface area contributed by atoms with Crippen LogP contribution in [0.4, 0.5) is 5.95 Å². The van der Waals surface area contributed by atoms with Gasteiger partial charge in [0.2, 0.25) is 5.95 Å². The summed E-state index contributed by atoms with van der Waals surface area (Å²) in [6.07, 6.45) is 3.45. The monoisotopic (exact) mass is 319 g/mol. The molecule has 6 nitrogen and oxygen atoms in total. The fraction of sp³-hybridized carbons (Fsp3) is 0.467. The number of hydrogen-bond acceptors (Lipinski definition) is 6. The largest absolute Gasteiger partial charge is 0.357 e. The second-order valence-corrected chi connectivity index (χ2v) is 6.48. The van der Waals surface area contributed by atoms with Gasteiger partial charge in [0.25, 0.3) is 5.91 Å². The summed E-state index contributed by atoms with van der Waals surface area (Å²) in [6, 6.07) is 0. The zero-order valence-electron chi connectivity index (χ0n) is 13.5. The van der Waals surface area contributed by atoms with Crippen molar-refractivity contribution in [3.63, 3.8) is 0 Å². The molecule has 0 saturated carbocycles. The molecule has 2 rings (SSSR count). The summed E-state index contributed by atoms with van der Waals surface area (Å²) < 4.78 is 0. The molecule has 2 aromatic rings. The van der Waals surface area contributed by atoms with Gasteiger partial charge in [-0.3, -0.25) is 4.79 Å². The molecule has 0 aliphatic rings. The van der Waals surface area contributed by atoms with Crippen LogP contribution in [0.1, 0.15) is 45.7 Å². The van der Waals surface area contributed by atoms with E-state index in [1.807, 2.05) is 6.92 Å². The van der Waals surface area contributed by atoms with Gasteiger partial charge in [0.15, 0.2) is 0 Å². The average molecular weight is 319 g/mol. The van der Waals surface area contributed by atoms with Crippen LogP contribution in [-0.4, -0.2) is 39.9 Å². The van der Waals surface area contributed by atoms with Gasteiger partial charge in [0.05, 0.1) is 10.7 Å². The number of amides is 1. The number of anilines is 1. The van der Waals surface area contributed by atoms with E-state index < -0.39 is 0 Å². The van der Waals surface area contributed by atoms with Crippen molar-refractivity contribution in [2.24, 2.45) is 0 Å². The summed E-state index contributed by atoms with van der Waals surface area (Å²) in [4.78, 5) is 27.7. The fourth-order valence-corrected chi connectivity index (χ4v) is 3.01. The molecule has 7 heteroatoms. The van der Waals surface area contributed by atoms with Crippen LogP contribution in [0.25, 0.3) is 0 Å². The number of nitrogens with one attached hydrogen (secondary N) is 1. The molecule has 1 amide bonds. The van der Waals surface area contributed by atoms with Crippen LogP contribution in [0.2, 0.25) is 0 Å². The highest BCUT2D eigenvalue weighted by Gasteiger charge is 2.20. The molecule has 1 N–H and O–H groups in total. The summed E-state index contributed by atoms with van der Waals surface area (Å²) in [5, 5.41) is 3.86. The van der Waals surface area contributed by atoms with Crippen molar-refractivity contribution in [2.75, 3.05) is 19.4 Å². The Balaban J connectivity index is 2.11. The summed E-state index contributed by atoms with van der Waals surface area (Å²) in [7, 11) is 3.55. The molecule has 0 bridgehead atoms. The molecule has 0 unspecified atom stereocenters. The maximum Gasteiger partial charge on any atom is 0.265 e. The topological polar surface area (TPSA) is 71.0 Å². The third kappa shape index (κ3) is 3.59. The highest BCUT2D eigenvalue weighted by molar-refractivity contribution is 7.13. The Morgan fingerprint density at radius 3 is 2.50 bits per heavy atom. The van der Waals surface area contributed by atoms with Crippen LogP contribution in [0.15, 0.2) is 12.4 Å². The summed E-state index contributed by atoms with van der Waals surface area (Å²) >= 11 is 1.48. The molecule has 0 fully saturated rings. The van der Waals surface area contributed by atoms with Crippen LogP contribution < -0.4 is 5.32 Å². The minimum atomic E-state index is -0.0143. The number of hydrogen-bond donors (Lipinski definition) is 1. The average Bonchev–Trinajstić information content (AvgIpc) is 2.89. The summed E-state index contributed by atoms with van der Waals surface area (Å²) in [5.41, 5.74) is 1.69. The number of thiazole rings is 1. The molecule has 118 valence electrons. The van der Waals surface area contributed by atoms with E-state index in [0.29, 0.717) is 23.3 Å². The number of aryl methyl sites for hydroxylation is 1. The molecule has 0 aliphatic heterocycles. The molecular weight excluding hydrogens is 298 g/mol. The quantitative estimate of drug-likeness (QED) is 0.917. The van der Waals surface area contributed by atoms with Gasteiger partial charge in [-0.15, -0.1) is 11.3 Å². The van der Waals surface area contributed by atoms with Crippen molar-refractivity contribution >= 4 is 23.2 Å². The second-order valence-electron chi connectivity index (χ2n) is 5.45. The summed E-state index contributed by atoms with van der Waals surface area (Å²) in [5.74, 6) is 0.884. The lowest BCUT2D eigenvalue weighted by atomic mass is 10.2. The first-order valence-corrected chi connectivity index (χ1v) is 7.95. The van der Waals surface area contributed by atoms with Crippen molar-refractivity contribution in [1.82, 2.24) is 19.9 Å². The molecule has 2 aromatic heterocycles. The number of rotatable bonds is 5. The Hall–Kier alpha value is -2.02. The standard InChI is InChI=1S/C15H21N5OS/c1-9(2)13-19-10(3)12(22-13)14(21)20(5)8-11-6-17-15(16-4)18-7-11/h6-7,9H,8H2,1-5H3,(H,16,17,18). The van der Waals surface area contributed by atoms with Gasteiger partial charge in [-0.05, 0) is 6.92 Å². The van der Waals surface area contributed by atoms with Crippen molar-refractivity contribution in [2.45, 2.75) is 33.2 Å². The van der Waals surface area contributed by atoms with Gasteiger partial charge < -0.3 is 10.2 Å². The van der Waals surface area contributed by atoms with Crippen LogP contribution in [0.3, 0.4) is 0 Å². The van der Waals surface area contributed by atoms with Crippen LogP contribution in [0.5, 0.6) is 0 Å². The van der Waals surface area contributed by atoms with E-state index in [1.54, 1.807) is 31.4 Å². The van der Waals surface area contributed by atoms with Crippen molar-refractivity contribution < 1.29 is 4.79 Å². The van der Waals surface area contributed by atoms with Crippen molar-refractivity contribution in [3.8, 4) is 0 Å².